The van der Waals surface area contributed by atoms with Gasteiger partial charge in [0.1, 0.15) is 10.7 Å². The number of ether oxygens (including phenoxy) is 1. The van der Waals surface area contributed by atoms with Crippen LogP contribution in [0.15, 0.2) is 24.3 Å². The van der Waals surface area contributed by atoms with Crippen molar-refractivity contribution < 1.29 is 13.9 Å². The molecule has 0 N–H and O–H groups in total. The lowest BCUT2D eigenvalue weighted by Crippen LogP contribution is -2.01. The summed E-state index contributed by atoms with van der Waals surface area (Å²) in [6.45, 7) is 2.07. The molecule has 1 heterocycles. The van der Waals surface area contributed by atoms with Crippen molar-refractivity contribution in [3.63, 3.8) is 0 Å². The summed E-state index contributed by atoms with van der Waals surface area (Å²) >= 11 is 1.12. The monoisotopic (exact) mass is 224 g/mol. The number of rotatable bonds is 2. The molecule has 0 aliphatic carbocycles. The molecule has 2 rings (SSSR count). The van der Waals surface area contributed by atoms with Gasteiger partial charge in [-0.2, -0.15) is 0 Å². The maximum atomic E-state index is 13.3. The van der Waals surface area contributed by atoms with Crippen LogP contribution in [0.2, 0.25) is 0 Å². The van der Waals surface area contributed by atoms with E-state index in [-0.39, 0.29) is 5.82 Å². The van der Waals surface area contributed by atoms with Gasteiger partial charge in [0.05, 0.1) is 11.3 Å². The van der Waals surface area contributed by atoms with Gasteiger partial charge < -0.3 is 4.74 Å². The summed E-state index contributed by atoms with van der Waals surface area (Å²) in [5.74, 6) is -0.689. The summed E-state index contributed by atoms with van der Waals surface area (Å²) < 4.78 is 18.7. The smallest absolute Gasteiger partial charge is 0.348 e. The number of hydrogen-bond donors (Lipinski definition) is 0. The standard InChI is InChI=1S/C11H9FO2S/c1-2-14-11(13)9-6-7-4-3-5-8(12)10(7)15-9/h3-6H,2H2,1H3. The van der Waals surface area contributed by atoms with Crippen molar-refractivity contribution in [1.29, 1.82) is 0 Å². The van der Waals surface area contributed by atoms with Crippen molar-refractivity contribution in [3.05, 3.63) is 35.0 Å². The van der Waals surface area contributed by atoms with Crippen LogP contribution >= 0.6 is 11.3 Å². The summed E-state index contributed by atoms with van der Waals surface area (Å²) in [7, 11) is 0. The summed E-state index contributed by atoms with van der Waals surface area (Å²) in [6, 6.07) is 6.44. The molecule has 1 aromatic carbocycles. The molecule has 0 spiro atoms. The normalized spacial score (nSPS) is 10.5. The number of benzene rings is 1. The number of esters is 1. The molecule has 1 aromatic heterocycles. The molecule has 0 bridgehead atoms. The number of fused-ring (bicyclic) bond motifs is 1. The molecule has 0 saturated heterocycles. The maximum absolute atomic E-state index is 13.3. The molecule has 0 atom stereocenters. The van der Waals surface area contributed by atoms with Gasteiger partial charge in [-0.05, 0) is 24.4 Å². The van der Waals surface area contributed by atoms with Crippen LogP contribution in [-0.4, -0.2) is 12.6 Å². The van der Waals surface area contributed by atoms with Crippen molar-refractivity contribution in [2.45, 2.75) is 6.92 Å². The van der Waals surface area contributed by atoms with E-state index in [9.17, 15) is 9.18 Å². The van der Waals surface area contributed by atoms with E-state index in [0.29, 0.717) is 16.2 Å². The molecule has 0 aliphatic rings. The second-order valence-corrected chi connectivity index (χ2v) is 4.04. The number of halogens is 1. The molecule has 4 heteroatoms. The Hall–Kier alpha value is -1.42. The molecule has 15 heavy (non-hydrogen) atoms. The van der Waals surface area contributed by atoms with Crippen LogP contribution < -0.4 is 0 Å². The molecule has 0 unspecified atom stereocenters. The average Bonchev–Trinajstić information content (AvgIpc) is 2.63. The molecule has 0 saturated carbocycles. The van der Waals surface area contributed by atoms with E-state index in [1.807, 2.05) is 0 Å². The van der Waals surface area contributed by atoms with Gasteiger partial charge in [0, 0.05) is 0 Å². The van der Waals surface area contributed by atoms with E-state index in [0.717, 1.165) is 16.7 Å². The van der Waals surface area contributed by atoms with Gasteiger partial charge in [0.25, 0.3) is 0 Å². The lowest BCUT2D eigenvalue weighted by Gasteiger charge is -1.95. The average molecular weight is 224 g/mol. The van der Waals surface area contributed by atoms with Gasteiger partial charge >= 0.3 is 5.97 Å². The van der Waals surface area contributed by atoms with E-state index < -0.39 is 5.97 Å². The molecular formula is C11H9FO2S. The molecule has 0 aliphatic heterocycles. The highest BCUT2D eigenvalue weighted by atomic mass is 32.1. The third-order valence-corrected chi connectivity index (χ3v) is 3.11. The minimum atomic E-state index is -0.391. The third kappa shape index (κ3) is 1.85. The van der Waals surface area contributed by atoms with Gasteiger partial charge in [-0.1, -0.05) is 12.1 Å². The highest BCUT2D eigenvalue weighted by Crippen LogP contribution is 2.28. The summed E-state index contributed by atoms with van der Waals surface area (Å²) in [5, 5.41) is 0.739. The first kappa shape index (κ1) is 10.1. The van der Waals surface area contributed by atoms with Gasteiger partial charge in [-0.25, -0.2) is 9.18 Å². The Bertz CT molecular complexity index is 504. The zero-order valence-corrected chi connectivity index (χ0v) is 8.94. The SMILES string of the molecule is CCOC(=O)c1cc2cccc(F)c2s1. The molecule has 0 amide bonds. The Morgan fingerprint density at radius 2 is 2.33 bits per heavy atom. The fourth-order valence-corrected chi connectivity index (χ4v) is 2.29. The fourth-order valence-electron chi connectivity index (χ4n) is 1.33. The van der Waals surface area contributed by atoms with Gasteiger partial charge in [0.2, 0.25) is 0 Å². The van der Waals surface area contributed by atoms with E-state index in [1.54, 1.807) is 25.1 Å². The molecule has 78 valence electrons. The molecule has 2 aromatic rings. The van der Waals surface area contributed by atoms with Gasteiger partial charge in [-0.15, -0.1) is 11.3 Å². The minimum Gasteiger partial charge on any atom is -0.462 e. The van der Waals surface area contributed by atoms with Crippen molar-refractivity contribution in [1.82, 2.24) is 0 Å². The number of thiophene rings is 1. The number of hydrogen-bond acceptors (Lipinski definition) is 3. The van der Waals surface area contributed by atoms with Crippen molar-refractivity contribution in [3.8, 4) is 0 Å². The van der Waals surface area contributed by atoms with Crippen LogP contribution in [0.25, 0.3) is 10.1 Å². The van der Waals surface area contributed by atoms with Crippen LogP contribution in [-0.2, 0) is 4.74 Å². The lowest BCUT2D eigenvalue weighted by molar-refractivity contribution is 0.0532. The highest BCUT2D eigenvalue weighted by molar-refractivity contribution is 7.20. The van der Waals surface area contributed by atoms with Gasteiger partial charge in [0.15, 0.2) is 0 Å². The first-order valence-corrected chi connectivity index (χ1v) is 5.39. The Morgan fingerprint density at radius 3 is 3.00 bits per heavy atom. The Labute approximate surface area is 90.3 Å². The Morgan fingerprint density at radius 1 is 1.53 bits per heavy atom. The van der Waals surface area contributed by atoms with Crippen LogP contribution in [0.1, 0.15) is 16.6 Å². The maximum Gasteiger partial charge on any atom is 0.348 e. The summed E-state index contributed by atoms with van der Waals surface area (Å²) in [6.07, 6.45) is 0. The van der Waals surface area contributed by atoms with Crippen molar-refractivity contribution in [2.24, 2.45) is 0 Å². The molecule has 2 nitrogen and oxygen atoms in total. The molecular weight excluding hydrogens is 215 g/mol. The Balaban J connectivity index is 2.47. The van der Waals surface area contributed by atoms with Gasteiger partial charge in [-0.3, -0.25) is 0 Å². The Kier molecular flexibility index (Phi) is 2.68. The van der Waals surface area contributed by atoms with Crippen molar-refractivity contribution >= 4 is 27.4 Å². The first-order chi connectivity index (χ1) is 7.22. The van der Waals surface area contributed by atoms with E-state index >= 15 is 0 Å². The quantitative estimate of drug-likeness (QED) is 0.732. The zero-order chi connectivity index (χ0) is 10.8. The highest BCUT2D eigenvalue weighted by Gasteiger charge is 2.12. The van der Waals surface area contributed by atoms with E-state index in [1.165, 1.54) is 6.07 Å². The first-order valence-electron chi connectivity index (χ1n) is 4.57. The molecule has 0 radical (unpaired) electrons. The predicted molar refractivity (Wildman–Crippen MR) is 57.7 cm³/mol. The second kappa shape index (κ2) is 3.98. The van der Waals surface area contributed by atoms with E-state index in [2.05, 4.69) is 0 Å². The van der Waals surface area contributed by atoms with Crippen LogP contribution in [0, 0.1) is 5.82 Å². The van der Waals surface area contributed by atoms with Crippen molar-refractivity contribution in [2.75, 3.05) is 6.61 Å². The minimum absolute atomic E-state index is 0.298. The molecule has 0 fully saturated rings. The second-order valence-electron chi connectivity index (χ2n) is 2.99. The fraction of sp³-hybridized carbons (Fsp3) is 0.182. The number of carbonyl (C=O) groups excluding carboxylic acids is 1. The third-order valence-electron chi connectivity index (χ3n) is 1.97. The topological polar surface area (TPSA) is 26.3 Å². The lowest BCUT2D eigenvalue weighted by atomic mass is 10.2. The predicted octanol–water partition coefficient (Wildman–Crippen LogP) is 3.22. The number of carbonyl (C=O) groups is 1. The largest absolute Gasteiger partial charge is 0.462 e. The van der Waals surface area contributed by atoms with Crippen LogP contribution in [0.5, 0.6) is 0 Å². The van der Waals surface area contributed by atoms with Crippen LogP contribution in [0.3, 0.4) is 0 Å². The summed E-state index contributed by atoms with van der Waals surface area (Å²) in [4.78, 5) is 11.8. The van der Waals surface area contributed by atoms with Crippen LogP contribution in [0.4, 0.5) is 4.39 Å². The summed E-state index contributed by atoms with van der Waals surface area (Å²) in [5.41, 5.74) is 0. The van der Waals surface area contributed by atoms with E-state index in [4.69, 9.17) is 4.74 Å². The zero-order valence-electron chi connectivity index (χ0n) is 8.12.